The minimum atomic E-state index is -0.615. The largest absolute Gasteiger partial charge is 0.297 e. The summed E-state index contributed by atoms with van der Waals surface area (Å²) in [5, 5.41) is 9.61. The number of fused-ring (bicyclic) bond motifs is 2. The molecule has 3 heterocycles. The van der Waals surface area contributed by atoms with Crippen molar-refractivity contribution >= 4 is 17.3 Å². The summed E-state index contributed by atoms with van der Waals surface area (Å²) in [6, 6.07) is 30.5. The van der Waals surface area contributed by atoms with Crippen LogP contribution in [0.3, 0.4) is 0 Å². The van der Waals surface area contributed by atoms with E-state index in [0.717, 1.165) is 66.2 Å². The number of piperidine rings is 1. The zero-order valence-electron chi connectivity index (χ0n) is 20.9. The van der Waals surface area contributed by atoms with Gasteiger partial charge in [-0.15, -0.1) is 0 Å². The molecule has 0 bridgehead atoms. The fourth-order valence-electron chi connectivity index (χ4n) is 5.78. The molecule has 37 heavy (non-hydrogen) atoms. The minimum absolute atomic E-state index is 0.110. The van der Waals surface area contributed by atoms with Crippen molar-refractivity contribution in [1.82, 2.24) is 9.88 Å². The number of rotatable bonds is 4. The first-order valence-electron chi connectivity index (χ1n) is 12.8. The fourth-order valence-corrected chi connectivity index (χ4v) is 5.78. The predicted molar refractivity (Wildman–Crippen MR) is 145 cm³/mol. The van der Waals surface area contributed by atoms with Crippen LogP contribution in [0.25, 0.3) is 11.1 Å². The van der Waals surface area contributed by atoms with Gasteiger partial charge in [-0.3, -0.25) is 19.6 Å². The second-order valence-corrected chi connectivity index (χ2v) is 10.0. The lowest BCUT2D eigenvalue weighted by Gasteiger charge is -2.38. The topological polar surface area (TPSA) is 60.2 Å². The van der Waals surface area contributed by atoms with Crippen LogP contribution in [0.15, 0.2) is 91.1 Å². The van der Waals surface area contributed by atoms with Crippen LogP contribution < -0.4 is 4.90 Å². The number of likely N-dealkylation sites (tertiary alicyclic amines) is 1. The maximum atomic E-state index is 14.2. The number of benzene rings is 3. The second kappa shape index (κ2) is 9.31. The van der Waals surface area contributed by atoms with Crippen LogP contribution in [0.2, 0.25) is 0 Å². The highest BCUT2D eigenvalue weighted by Gasteiger charge is 2.52. The molecule has 182 valence electrons. The molecule has 2 aliphatic rings. The van der Waals surface area contributed by atoms with Crippen molar-refractivity contribution in [1.29, 1.82) is 5.26 Å². The number of hydrogen-bond donors (Lipinski definition) is 0. The number of carbonyl (C=O) groups is 1. The summed E-state index contributed by atoms with van der Waals surface area (Å²) in [7, 11) is 0. The molecule has 0 unspecified atom stereocenters. The van der Waals surface area contributed by atoms with Gasteiger partial charge < -0.3 is 0 Å². The molecule has 3 aromatic carbocycles. The van der Waals surface area contributed by atoms with Gasteiger partial charge in [-0.05, 0) is 91.5 Å². The Morgan fingerprint density at radius 2 is 1.65 bits per heavy atom. The predicted octanol–water partition coefficient (Wildman–Crippen LogP) is 6.14. The number of anilines is 2. The molecule has 0 aliphatic carbocycles. The van der Waals surface area contributed by atoms with Gasteiger partial charge >= 0.3 is 0 Å². The van der Waals surface area contributed by atoms with Gasteiger partial charge in [0.05, 0.1) is 28.4 Å². The van der Waals surface area contributed by atoms with Crippen LogP contribution in [0, 0.1) is 18.3 Å². The van der Waals surface area contributed by atoms with Crippen LogP contribution in [-0.4, -0.2) is 28.9 Å². The van der Waals surface area contributed by atoms with Crippen LogP contribution in [0.4, 0.5) is 11.4 Å². The van der Waals surface area contributed by atoms with Crippen molar-refractivity contribution in [2.24, 2.45) is 0 Å². The summed E-state index contributed by atoms with van der Waals surface area (Å²) in [6.07, 6.45) is 3.28. The van der Waals surface area contributed by atoms with Crippen molar-refractivity contribution in [2.45, 2.75) is 31.7 Å². The summed E-state index contributed by atoms with van der Waals surface area (Å²) in [5.41, 5.74) is 7.25. The molecule has 1 saturated heterocycles. The maximum absolute atomic E-state index is 14.2. The Morgan fingerprint density at radius 3 is 2.35 bits per heavy atom. The summed E-state index contributed by atoms with van der Waals surface area (Å²) in [5.74, 6) is 0.110. The molecule has 0 N–H and O–H groups in total. The fraction of sp³-hybridized carbons (Fsp3) is 0.219. The molecule has 0 atom stereocenters. The first-order valence-corrected chi connectivity index (χ1v) is 12.8. The maximum Gasteiger partial charge on any atom is 0.242 e. The van der Waals surface area contributed by atoms with Crippen LogP contribution in [0.5, 0.6) is 0 Å². The van der Waals surface area contributed by atoms with Gasteiger partial charge in [0.25, 0.3) is 0 Å². The summed E-state index contributed by atoms with van der Waals surface area (Å²) in [6.45, 7) is 4.49. The summed E-state index contributed by atoms with van der Waals surface area (Å²) >= 11 is 0. The molecule has 6 rings (SSSR count). The average Bonchev–Trinajstić information content (AvgIpc) is 3.18. The Balaban J connectivity index is 1.31. The molecular formula is C32H28N4O. The Kier molecular flexibility index (Phi) is 5.82. The summed E-state index contributed by atoms with van der Waals surface area (Å²) < 4.78 is 0. The highest BCUT2D eigenvalue weighted by atomic mass is 16.2. The van der Waals surface area contributed by atoms with Crippen molar-refractivity contribution in [2.75, 3.05) is 18.0 Å². The van der Waals surface area contributed by atoms with Gasteiger partial charge in [-0.2, -0.15) is 5.26 Å². The van der Waals surface area contributed by atoms with E-state index in [1.165, 1.54) is 5.56 Å². The third-order valence-electron chi connectivity index (χ3n) is 7.93. The molecule has 1 amide bonds. The molecule has 5 nitrogen and oxygen atoms in total. The standard InChI is InChI=1S/C32H28N4O/c1-23-6-5-17-34-29(23)22-35-18-15-32(16-19-35)28-20-24(21-33)9-14-30(28)36(31(32)37)27-12-10-26(11-13-27)25-7-3-2-4-8-25/h2-14,17,20H,15-16,18-19,22H2,1H3. The molecule has 0 saturated carbocycles. The van der Waals surface area contributed by atoms with Crippen molar-refractivity contribution in [3.8, 4) is 17.2 Å². The van der Waals surface area contributed by atoms with E-state index in [2.05, 4.69) is 53.2 Å². The van der Waals surface area contributed by atoms with Gasteiger partial charge in [-0.1, -0.05) is 48.5 Å². The second-order valence-electron chi connectivity index (χ2n) is 10.0. The SMILES string of the molecule is Cc1cccnc1CN1CCC2(CC1)C(=O)N(c1ccc(-c3ccccc3)cc1)c1ccc(C#N)cc12. The van der Waals surface area contributed by atoms with Gasteiger partial charge in [-0.25, -0.2) is 0 Å². The molecule has 4 aromatic rings. The highest BCUT2D eigenvalue weighted by Crippen LogP contribution is 2.51. The first kappa shape index (κ1) is 23.1. The number of aromatic nitrogens is 1. The van der Waals surface area contributed by atoms with Crippen LogP contribution >= 0.6 is 0 Å². The van der Waals surface area contributed by atoms with E-state index in [9.17, 15) is 10.1 Å². The number of hydrogen-bond acceptors (Lipinski definition) is 4. The lowest BCUT2D eigenvalue weighted by atomic mass is 9.73. The average molecular weight is 485 g/mol. The van der Waals surface area contributed by atoms with E-state index >= 15 is 0 Å². The molecule has 5 heteroatoms. The number of carbonyl (C=O) groups excluding carboxylic acids is 1. The smallest absolute Gasteiger partial charge is 0.242 e. The quantitative estimate of drug-likeness (QED) is 0.349. The van der Waals surface area contributed by atoms with Gasteiger partial charge in [0, 0.05) is 18.4 Å². The van der Waals surface area contributed by atoms with E-state index in [0.29, 0.717) is 5.56 Å². The Bertz CT molecular complexity index is 1500. The Hall–Kier alpha value is -4.27. The molecular weight excluding hydrogens is 456 g/mol. The van der Waals surface area contributed by atoms with Crippen molar-refractivity contribution in [3.63, 3.8) is 0 Å². The third kappa shape index (κ3) is 4.00. The van der Waals surface area contributed by atoms with Gasteiger partial charge in [0.1, 0.15) is 0 Å². The molecule has 1 spiro atoms. The van der Waals surface area contributed by atoms with Crippen molar-refractivity contribution < 1.29 is 4.79 Å². The number of amides is 1. The number of pyridine rings is 1. The normalized spacial score (nSPS) is 16.5. The van der Waals surface area contributed by atoms with E-state index in [-0.39, 0.29) is 5.91 Å². The molecule has 1 fully saturated rings. The van der Waals surface area contributed by atoms with Crippen LogP contribution in [0.1, 0.15) is 35.2 Å². The van der Waals surface area contributed by atoms with Crippen molar-refractivity contribution in [3.05, 3.63) is 114 Å². The molecule has 1 aromatic heterocycles. The van der Waals surface area contributed by atoms with E-state index < -0.39 is 5.41 Å². The van der Waals surface area contributed by atoms with E-state index in [4.69, 9.17) is 0 Å². The van der Waals surface area contributed by atoms with Gasteiger partial charge in [0.2, 0.25) is 5.91 Å². The van der Waals surface area contributed by atoms with Crippen LogP contribution in [-0.2, 0) is 16.8 Å². The lowest BCUT2D eigenvalue weighted by molar-refractivity contribution is -0.124. The lowest BCUT2D eigenvalue weighted by Crippen LogP contribution is -2.47. The number of nitrogens with zero attached hydrogens (tertiary/aromatic N) is 4. The number of nitriles is 1. The monoisotopic (exact) mass is 484 g/mol. The zero-order valence-corrected chi connectivity index (χ0v) is 20.9. The third-order valence-corrected chi connectivity index (χ3v) is 7.93. The van der Waals surface area contributed by atoms with E-state index in [1.807, 2.05) is 65.7 Å². The molecule has 0 radical (unpaired) electrons. The first-order chi connectivity index (χ1) is 18.1. The Labute approximate surface area is 217 Å². The van der Waals surface area contributed by atoms with E-state index in [1.54, 1.807) is 0 Å². The number of aryl methyl sites for hydroxylation is 1. The molecule has 2 aliphatic heterocycles. The Morgan fingerprint density at radius 1 is 0.919 bits per heavy atom. The zero-order chi connectivity index (χ0) is 25.4. The highest BCUT2D eigenvalue weighted by molar-refractivity contribution is 6.13. The minimum Gasteiger partial charge on any atom is -0.297 e. The summed E-state index contributed by atoms with van der Waals surface area (Å²) in [4.78, 5) is 23.0. The van der Waals surface area contributed by atoms with Gasteiger partial charge in [0.15, 0.2) is 0 Å².